The second kappa shape index (κ2) is 7.45. The van der Waals surface area contributed by atoms with Crippen LogP contribution in [0.3, 0.4) is 0 Å². The number of dihydropyridines is 1. The van der Waals surface area contributed by atoms with Crippen molar-refractivity contribution in [1.29, 1.82) is 5.26 Å². The summed E-state index contributed by atoms with van der Waals surface area (Å²) >= 11 is 0. The van der Waals surface area contributed by atoms with Gasteiger partial charge >= 0.3 is 0 Å². The number of Topliss-reactive ketones (excluding diaryl/α,β-unsaturated/α-hetero) is 1. The first kappa shape index (κ1) is 17.6. The van der Waals surface area contributed by atoms with Crippen molar-refractivity contribution in [3.8, 4) is 11.8 Å². The maximum Gasteiger partial charge on any atom is 0.196 e. The molecule has 1 aromatic carbocycles. The molecule has 1 N–H and O–H groups in total. The second-order valence-corrected chi connectivity index (χ2v) is 7.17. The highest BCUT2D eigenvalue weighted by Gasteiger charge is 2.41. The van der Waals surface area contributed by atoms with Gasteiger partial charge in [0.1, 0.15) is 11.8 Å². The van der Waals surface area contributed by atoms with E-state index in [9.17, 15) is 4.79 Å². The van der Waals surface area contributed by atoms with Gasteiger partial charge in [0.15, 0.2) is 11.9 Å². The lowest BCUT2D eigenvalue weighted by Gasteiger charge is -2.36. The quantitative estimate of drug-likeness (QED) is 0.887. The number of fused-ring (bicyclic) bond motifs is 1. The van der Waals surface area contributed by atoms with E-state index in [1.165, 1.54) is 0 Å². The molecule has 1 saturated heterocycles. The summed E-state index contributed by atoms with van der Waals surface area (Å²) in [4.78, 5) is 22.3. The van der Waals surface area contributed by atoms with E-state index in [-0.39, 0.29) is 17.7 Å². The summed E-state index contributed by atoms with van der Waals surface area (Å²) < 4.78 is 6.08. The van der Waals surface area contributed by atoms with Crippen molar-refractivity contribution >= 4 is 17.7 Å². The molecule has 0 aromatic heterocycles. The van der Waals surface area contributed by atoms with Crippen LogP contribution in [0.5, 0.6) is 5.75 Å². The van der Waals surface area contributed by atoms with Crippen LogP contribution in [0.15, 0.2) is 46.4 Å². The van der Waals surface area contributed by atoms with E-state index >= 15 is 0 Å². The Kier molecular flexibility index (Phi) is 4.87. The van der Waals surface area contributed by atoms with Crippen molar-refractivity contribution in [1.82, 2.24) is 5.32 Å². The van der Waals surface area contributed by atoms with Gasteiger partial charge in [-0.2, -0.15) is 5.26 Å². The minimum Gasteiger partial charge on any atom is -0.482 e. The van der Waals surface area contributed by atoms with Gasteiger partial charge < -0.3 is 10.1 Å². The average Bonchev–Trinajstić information content (AvgIpc) is 3.17. The summed E-state index contributed by atoms with van der Waals surface area (Å²) in [6.07, 6.45) is 6.20. The maximum atomic E-state index is 13.2. The zero-order chi connectivity index (χ0) is 18.8. The van der Waals surface area contributed by atoms with Gasteiger partial charge in [-0.25, -0.2) is 0 Å². The third-order valence-electron chi connectivity index (χ3n) is 5.45. The lowest BCUT2D eigenvalue weighted by Crippen LogP contribution is -2.59. The molecule has 0 radical (unpaired) electrons. The molecule has 6 heteroatoms. The second-order valence-electron chi connectivity index (χ2n) is 7.17. The third kappa shape index (κ3) is 3.43. The van der Waals surface area contributed by atoms with Gasteiger partial charge in [-0.15, -0.1) is 0 Å². The number of nitrogens with zero attached hydrogens (tertiary/aromatic N) is 3. The number of hydrogen-bond acceptors (Lipinski definition) is 6. The highest BCUT2D eigenvalue weighted by Crippen LogP contribution is 2.26. The number of benzene rings is 1. The van der Waals surface area contributed by atoms with Crippen LogP contribution in [0.25, 0.3) is 0 Å². The molecule has 5 unspecified atom stereocenters. The number of rotatable bonds is 4. The van der Waals surface area contributed by atoms with Crippen LogP contribution in [0, 0.1) is 23.2 Å². The van der Waals surface area contributed by atoms with E-state index < -0.39 is 12.1 Å². The molecule has 6 nitrogen and oxygen atoms in total. The maximum absolute atomic E-state index is 13.2. The van der Waals surface area contributed by atoms with Gasteiger partial charge in [-0.05, 0) is 30.7 Å². The zero-order valence-corrected chi connectivity index (χ0v) is 15.2. The lowest BCUT2D eigenvalue weighted by atomic mass is 9.85. The molecule has 0 bridgehead atoms. The number of nitrogens with one attached hydrogen (secondary N) is 1. The van der Waals surface area contributed by atoms with Gasteiger partial charge in [-0.3, -0.25) is 14.8 Å². The highest BCUT2D eigenvalue weighted by atomic mass is 16.5. The number of carbonyl (C=O) groups is 1. The molecule has 1 aromatic rings. The largest absolute Gasteiger partial charge is 0.482 e. The molecule has 3 aliphatic heterocycles. The number of aliphatic imine (C=N–C) groups is 2. The Hall–Kier alpha value is -2.78. The first-order chi connectivity index (χ1) is 13.2. The Bertz CT molecular complexity index is 867. The summed E-state index contributed by atoms with van der Waals surface area (Å²) in [6.45, 7) is 3.51. The van der Waals surface area contributed by atoms with Crippen molar-refractivity contribution in [2.24, 2.45) is 21.8 Å². The molecular formula is C21H22N4O2. The van der Waals surface area contributed by atoms with Crippen LogP contribution in [0.1, 0.15) is 18.9 Å². The monoisotopic (exact) mass is 362 g/mol. The van der Waals surface area contributed by atoms with Gasteiger partial charge in [0, 0.05) is 31.1 Å². The first-order valence-electron chi connectivity index (χ1n) is 9.39. The van der Waals surface area contributed by atoms with Crippen LogP contribution in [-0.4, -0.2) is 49.0 Å². The molecule has 138 valence electrons. The smallest absolute Gasteiger partial charge is 0.196 e. The highest BCUT2D eigenvalue weighted by molar-refractivity contribution is 6.16. The van der Waals surface area contributed by atoms with Crippen molar-refractivity contribution in [2.75, 3.05) is 13.1 Å². The molecule has 0 spiro atoms. The van der Waals surface area contributed by atoms with Crippen molar-refractivity contribution in [2.45, 2.75) is 31.5 Å². The van der Waals surface area contributed by atoms with Crippen LogP contribution in [-0.2, 0) is 4.79 Å². The molecule has 4 rings (SSSR count). The number of ether oxygens (including phenoxy) is 1. The third-order valence-corrected chi connectivity index (χ3v) is 5.45. The molecular weight excluding hydrogens is 340 g/mol. The Morgan fingerprint density at radius 2 is 2.30 bits per heavy atom. The molecule has 0 amide bonds. The van der Waals surface area contributed by atoms with Gasteiger partial charge in [0.05, 0.1) is 23.4 Å². The number of hydrogen-bond donors (Lipinski definition) is 1. The first-order valence-corrected chi connectivity index (χ1v) is 9.39. The number of nitriles is 1. The van der Waals surface area contributed by atoms with E-state index in [0.29, 0.717) is 23.8 Å². The van der Waals surface area contributed by atoms with Crippen LogP contribution in [0.2, 0.25) is 0 Å². The van der Waals surface area contributed by atoms with E-state index in [2.05, 4.69) is 29.4 Å². The number of ketones is 1. The van der Waals surface area contributed by atoms with Gasteiger partial charge in [0.25, 0.3) is 0 Å². The predicted octanol–water partition coefficient (Wildman–Crippen LogP) is 1.95. The summed E-state index contributed by atoms with van der Waals surface area (Å²) in [5.74, 6) is 0.938. The fourth-order valence-corrected chi connectivity index (χ4v) is 3.84. The molecule has 1 fully saturated rings. The van der Waals surface area contributed by atoms with Crippen molar-refractivity contribution in [3.63, 3.8) is 0 Å². The van der Waals surface area contributed by atoms with Crippen molar-refractivity contribution < 1.29 is 9.53 Å². The van der Waals surface area contributed by atoms with Gasteiger partial charge in [-0.1, -0.05) is 19.1 Å². The Morgan fingerprint density at radius 3 is 3.11 bits per heavy atom. The standard InChI is InChI=1S/C21H22N4O2/c1-2-14-11-24-19(17-7-6-15-10-23-12-18(15)25-17)20(26)21(14)27-16-5-3-4-13(8-16)9-22/h3-8,12,14-15,18-19,21,24H,2,10-11H2,1H3. The minimum absolute atomic E-state index is 0.00718. The molecule has 3 heterocycles. The average molecular weight is 362 g/mol. The van der Waals surface area contributed by atoms with Crippen LogP contribution < -0.4 is 10.1 Å². The summed E-state index contributed by atoms with van der Waals surface area (Å²) in [6, 6.07) is 8.63. The van der Waals surface area contributed by atoms with Crippen molar-refractivity contribution in [3.05, 3.63) is 42.0 Å². The van der Waals surface area contributed by atoms with Gasteiger partial charge in [0.2, 0.25) is 0 Å². The number of piperidine rings is 1. The molecule has 5 atom stereocenters. The lowest BCUT2D eigenvalue weighted by molar-refractivity contribution is -0.131. The van der Waals surface area contributed by atoms with E-state index in [0.717, 1.165) is 18.7 Å². The molecule has 3 aliphatic rings. The van der Waals surface area contributed by atoms with Crippen LogP contribution in [0.4, 0.5) is 0 Å². The number of carbonyl (C=O) groups excluding carboxylic acids is 1. The topological polar surface area (TPSA) is 86.8 Å². The zero-order valence-electron chi connectivity index (χ0n) is 15.2. The fraction of sp³-hybridized carbons (Fsp3) is 0.429. The normalized spacial score (nSPS) is 31.9. The summed E-state index contributed by atoms with van der Waals surface area (Å²) in [5.41, 5.74) is 1.27. The Morgan fingerprint density at radius 1 is 1.41 bits per heavy atom. The Labute approximate surface area is 158 Å². The summed E-state index contributed by atoms with van der Waals surface area (Å²) in [7, 11) is 0. The fourth-order valence-electron chi connectivity index (χ4n) is 3.84. The van der Waals surface area contributed by atoms with E-state index in [1.54, 1.807) is 24.3 Å². The van der Waals surface area contributed by atoms with Crippen LogP contribution >= 0.6 is 0 Å². The predicted molar refractivity (Wildman–Crippen MR) is 103 cm³/mol. The summed E-state index contributed by atoms with van der Waals surface area (Å²) in [5, 5.41) is 12.4. The molecule has 27 heavy (non-hydrogen) atoms. The van der Waals surface area contributed by atoms with E-state index in [1.807, 2.05) is 12.3 Å². The Balaban J connectivity index is 1.56. The molecule has 0 aliphatic carbocycles. The SMILES string of the molecule is CCC1CNC(C2=NC3C=NCC3C=C2)C(=O)C1Oc1cccc(C#N)c1. The molecule has 0 saturated carbocycles. The minimum atomic E-state index is -0.554. The van der Waals surface area contributed by atoms with E-state index in [4.69, 9.17) is 15.0 Å².